The average Bonchev–Trinajstić information content (AvgIpc) is 2.89. The highest BCUT2D eigenvalue weighted by Crippen LogP contribution is 2.28. The molecule has 1 aromatic carbocycles. The molecular weight excluding hydrogens is 255 g/mol. The lowest BCUT2D eigenvalue weighted by atomic mass is 10.1. The number of imidazole rings is 1. The number of hydrogen-bond donors (Lipinski definition) is 1. The van der Waals surface area contributed by atoms with Crippen LogP contribution in [0.2, 0.25) is 0 Å². The van der Waals surface area contributed by atoms with Crippen molar-refractivity contribution in [2.45, 2.75) is 25.9 Å². The standard InChI is InChI=1S/C15H21FN4/c1-11(2)20-10-18-9-15(20)14(8-17)19(3)13-7-5-4-6-12(13)16/h4-7,9-11,14H,8,17H2,1-3H3. The fourth-order valence-corrected chi connectivity index (χ4v) is 2.39. The van der Waals surface area contributed by atoms with E-state index in [4.69, 9.17) is 5.73 Å². The lowest BCUT2D eigenvalue weighted by Crippen LogP contribution is -2.32. The third-order valence-corrected chi connectivity index (χ3v) is 3.52. The predicted molar refractivity (Wildman–Crippen MR) is 79.2 cm³/mol. The smallest absolute Gasteiger partial charge is 0.146 e. The summed E-state index contributed by atoms with van der Waals surface area (Å²) in [5, 5.41) is 0. The van der Waals surface area contributed by atoms with Crippen molar-refractivity contribution in [3.05, 3.63) is 48.3 Å². The molecule has 4 nitrogen and oxygen atoms in total. The van der Waals surface area contributed by atoms with Crippen LogP contribution in [0.25, 0.3) is 0 Å². The number of likely N-dealkylation sites (N-methyl/N-ethyl adjacent to an activating group) is 1. The highest BCUT2D eigenvalue weighted by Gasteiger charge is 2.22. The van der Waals surface area contributed by atoms with Crippen LogP contribution < -0.4 is 10.6 Å². The number of halogens is 1. The number of benzene rings is 1. The van der Waals surface area contributed by atoms with Crippen LogP contribution in [0.5, 0.6) is 0 Å². The van der Waals surface area contributed by atoms with E-state index in [0.717, 1.165) is 5.69 Å². The van der Waals surface area contributed by atoms with Crippen LogP contribution in [0.1, 0.15) is 31.6 Å². The largest absolute Gasteiger partial charge is 0.362 e. The van der Waals surface area contributed by atoms with Crippen molar-refractivity contribution in [2.24, 2.45) is 5.73 Å². The van der Waals surface area contributed by atoms with Gasteiger partial charge in [0.1, 0.15) is 5.82 Å². The first-order valence-corrected chi connectivity index (χ1v) is 6.75. The summed E-state index contributed by atoms with van der Waals surface area (Å²) < 4.78 is 16.0. The van der Waals surface area contributed by atoms with E-state index in [1.165, 1.54) is 6.07 Å². The van der Waals surface area contributed by atoms with Gasteiger partial charge in [0.2, 0.25) is 0 Å². The van der Waals surface area contributed by atoms with Crippen molar-refractivity contribution in [3.8, 4) is 0 Å². The quantitative estimate of drug-likeness (QED) is 0.913. The SMILES string of the molecule is CC(C)n1cncc1C(CN)N(C)c1ccccc1F. The van der Waals surface area contributed by atoms with Gasteiger partial charge in [-0.3, -0.25) is 0 Å². The van der Waals surface area contributed by atoms with Gasteiger partial charge in [0.15, 0.2) is 0 Å². The van der Waals surface area contributed by atoms with E-state index in [2.05, 4.69) is 23.4 Å². The summed E-state index contributed by atoms with van der Waals surface area (Å²) >= 11 is 0. The summed E-state index contributed by atoms with van der Waals surface area (Å²) in [6.07, 6.45) is 3.59. The highest BCUT2D eigenvalue weighted by molar-refractivity contribution is 5.48. The lowest BCUT2D eigenvalue weighted by Gasteiger charge is -2.30. The molecule has 20 heavy (non-hydrogen) atoms. The molecule has 2 rings (SSSR count). The maximum atomic E-state index is 13.9. The molecule has 0 radical (unpaired) electrons. The van der Waals surface area contributed by atoms with Crippen LogP contribution in [0.3, 0.4) is 0 Å². The Hall–Kier alpha value is -1.88. The van der Waals surface area contributed by atoms with Crippen molar-refractivity contribution >= 4 is 5.69 Å². The molecule has 108 valence electrons. The summed E-state index contributed by atoms with van der Waals surface area (Å²) in [4.78, 5) is 6.06. The van der Waals surface area contributed by atoms with E-state index in [1.54, 1.807) is 24.7 Å². The van der Waals surface area contributed by atoms with Crippen LogP contribution in [-0.4, -0.2) is 23.1 Å². The normalized spacial score (nSPS) is 12.7. The summed E-state index contributed by atoms with van der Waals surface area (Å²) in [6, 6.07) is 6.89. The van der Waals surface area contributed by atoms with Crippen molar-refractivity contribution in [3.63, 3.8) is 0 Å². The second-order valence-corrected chi connectivity index (χ2v) is 5.13. The predicted octanol–water partition coefficient (Wildman–Crippen LogP) is 2.74. The monoisotopic (exact) mass is 276 g/mol. The molecule has 5 heteroatoms. The van der Waals surface area contributed by atoms with E-state index in [1.807, 2.05) is 18.0 Å². The molecule has 0 saturated heterocycles. The average molecular weight is 276 g/mol. The number of rotatable bonds is 5. The molecule has 0 amide bonds. The lowest BCUT2D eigenvalue weighted by molar-refractivity contribution is 0.528. The summed E-state index contributed by atoms with van der Waals surface area (Å²) in [5.41, 5.74) is 7.45. The van der Waals surface area contributed by atoms with Gasteiger partial charge < -0.3 is 15.2 Å². The molecule has 1 atom stereocenters. The Morgan fingerprint density at radius 2 is 2.05 bits per heavy atom. The Morgan fingerprint density at radius 1 is 1.35 bits per heavy atom. The summed E-state index contributed by atoms with van der Waals surface area (Å²) in [6.45, 7) is 4.56. The number of hydrogen-bond acceptors (Lipinski definition) is 3. The minimum absolute atomic E-state index is 0.114. The number of anilines is 1. The fraction of sp³-hybridized carbons (Fsp3) is 0.400. The van der Waals surface area contributed by atoms with Gasteiger partial charge in [-0.15, -0.1) is 0 Å². The second kappa shape index (κ2) is 6.05. The third-order valence-electron chi connectivity index (χ3n) is 3.52. The van der Waals surface area contributed by atoms with Gasteiger partial charge in [-0.05, 0) is 26.0 Å². The summed E-state index contributed by atoms with van der Waals surface area (Å²) in [7, 11) is 1.85. The Morgan fingerprint density at radius 3 is 2.65 bits per heavy atom. The molecule has 1 unspecified atom stereocenters. The van der Waals surface area contributed by atoms with Gasteiger partial charge in [0.05, 0.1) is 29.9 Å². The highest BCUT2D eigenvalue weighted by atomic mass is 19.1. The Balaban J connectivity index is 2.37. The number of aromatic nitrogens is 2. The molecule has 0 bridgehead atoms. The van der Waals surface area contributed by atoms with Crippen LogP contribution in [-0.2, 0) is 0 Å². The Labute approximate surface area is 119 Å². The first-order valence-electron chi connectivity index (χ1n) is 6.75. The molecule has 1 aromatic heterocycles. The van der Waals surface area contributed by atoms with Gasteiger partial charge in [-0.25, -0.2) is 9.37 Å². The number of para-hydroxylation sites is 1. The summed E-state index contributed by atoms with van der Waals surface area (Å²) in [5.74, 6) is -0.246. The fourth-order valence-electron chi connectivity index (χ4n) is 2.39. The van der Waals surface area contributed by atoms with Gasteiger partial charge >= 0.3 is 0 Å². The molecule has 0 aliphatic rings. The maximum Gasteiger partial charge on any atom is 0.146 e. The molecule has 0 spiro atoms. The van der Waals surface area contributed by atoms with Crippen LogP contribution in [0.4, 0.5) is 10.1 Å². The molecule has 0 saturated carbocycles. The van der Waals surface area contributed by atoms with Crippen molar-refractivity contribution in [1.29, 1.82) is 0 Å². The topological polar surface area (TPSA) is 47.1 Å². The van der Waals surface area contributed by atoms with Gasteiger partial charge in [0.25, 0.3) is 0 Å². The molecule has 0 aliphatic heterocycles. The zero-order valence-electron chi connectivity index (χ0n) is 12.1. The second-order valence-electron chi connectivity index (χ2n) is 5.13. The first kappa shape index (κ1) is 14.5. The molecule has 0 fully saturated rings. The van der Waals surface area contributed by atoms with Crippen molar-refractivity contribution in [2.75, 3.05) is 18.5 Å². The molecule has 0 aliphatic carbocycles. The Kier molecular flexibility index (Phi) is 4.39. The molecular formula is C15H21FN4. The van der Waals surface area contributed by atoms with Gasteiger partial charge in [-0.1, -0.05) is 12.1 Å². The molecule has 2 aromatic rings. The van der Waals surface area contributed by atoms with Crippen LogP contribution in [0, 0.1) is 5.82 Å². The molecule has 1 heterocycles. The van der Waals surface area contributed by atoms with E-state index < -0.39 is 0 Å². The van der Waals surface area contributed by atoms with E-state index in [-0.39, 0.29) is 17.9 Å². The maximum absolute atomic E-state index is 13.9. The zero-order valence-corrected chi connectivity index (χ0v) is 12.1. The molecule has 2 N–H and O–H groups in total. The van der Waals surface area contributed by atoms with E-state index in [0.29, 0.717) is 12.2 Å². The van der Waals surface area contributed by atoms with E-state index in [9.17, 15) is 4.39 Å². The van der Waals surface area contributed by atoms with Crippen LogP contribution in [0.15, 0.2) is 36.8 Å². The minimum atomic E-state index is -0.246. The van der Waals surface area contributed by atoms with Gasteiger partial charge in [-0.2, -0.15) is 0 Å². The van der Waals surface area contributed by atoms with Gasteiger partial charge in [0, 0.05) is 19.6 Å². The zero-order chi connectivity index (χ0) is 14.7. The first-order chi connectivity index (χ1) is 9.56. The number of nitrogens with two attached hydrogens (primary N) is 1. The minimum Gasteiger partial charge on any atom is -0.362 e. The Bertz CT molecular complexity index is 565. The third kappa shape index (κ3) is 2.67. The van der Waals surface area contributed by atoms with Crippen molar-refractivity contribution < 1.29 is 4.39 Å². The number of nitrogens with zero attached hydrogens (tertiary/aromatic N) is 3. The van der Waals surface area contributed by atoms with E-state index >= 15 is 0 Å². The van der Waals surface area contributed by atoms with Crippen molar-refractivity contribution in [1.82, 2.24) is 9.55 Å². The van der Waals surface area contributed by atoms with Crippen LogP contribution >= 0.6 is 0 Å².